The molecule has 0 bridgehead atoms. The topological polar surface area (TPSA) is 242 Å². The van der Waals surface area contributed by atoms with Crippen LogP contribution < -0.4 is 14.8 Å². The number of aliphatic hydroxyl groups is 9. The first-order valence-electron chi connectivity index (χ1n) is 11.0. The van der Waals surface area contributed by atoms with Gasteiger partial charge in [0.25, 0.3) is 0 Å². The van der Waals surface area contributed by atoms with Crippen LogP contribution in [0, 0.1) is 11.7 Å². The third kappa shape index (κ3) is 6.34. The summed E-state index contributed by atoms with van der Waals surface area (Å²) in [7, 11) is 1.31. The molecule has 15 nitrogen and oxygen atoms in total. The first-order chi connectivity index (χ1) is 17.9. The summed E-state index contributed by atoms with van der Waals surface area (Å²) < 4.78 is 24.6. The summed E-state index contributed by atoms with van der Waals surface area (Å²) in [6, 6.07) is 6.00. The molecular weight excluding hydrogens is 595 g/mol. The molecule has 2 aromatic carbocycles. The molecule has 2 heterocycles. The van der Waals surface area contributed by atoms with Crippen molar-refractivity contribution in [2.45, 2.75) is 23.7 Å². The van der Waals surface area contributed by atoms with Crippen molar-refractivity contribution in [3.63, 3.8) is 0 Å². The van der Waals surface area contributed by atoms with E-state index in [4.69, 9.17) is 4.74 Å². The lowest BCUT2D eigenvalue weighted by Crippen LogP contribution is -2.73. The monoisotopic (exact) mass is 618 g/mol. The van der Waals surface area contributed by atoms with Crippen molar-refractivity contribution in [1.82, 2.24) is 14.9 Å². The molecule has 1 aliphatic rings. The van der Waals surface area contributed by atoms with Crippen LogP contribution in [0.1, 0.15) is 0 Å². The fourth-order valence-corrected chi connectivity index (χ4v) is 4.75. The second-order valence-corrected chi connectivity index (χ2v) is 10.0. The van der Waals surface area contributed by atoms with Gasteiger partial charge in [-0.3, -0.25) is 4.90 Å². The molecular formula is C22H24BrFN4O11. The van der Waals surface area contributed by atoms with E-state index in [0.29, 0.717) is 4.47 Å². The van der Waals surface area contributed by atoms with Crippen LogP contribution in [0.3, 0.4) is 0 Å². The summed E-state index contributed by atoms with van der Waals surface area (Å²) in [5, 5.41) is 93.9. The molecule has 0 amide bonds. The van der Waals surface area contributed by atoms with Crippen LogP contribution in [0.4, 0.5) is 15.9 Å². The number of nitrogens with zero attached hydrogens (tertiary/aromatic N) is 3. The van der Waals surface area contributed by atoms with E-state index in [9.17, 15) is 50.3 Å². The Morgan fingerprint density at radius 1 is 0.974 bits per heavy atom. The number of ether oxygens (including phenoxy) is 2. The summed E-state index contributed by atoms with van der Waals surface area (Å²) >= 11 is 3.14. The molecule has 0 spiro atoms. The van der Waals surface area contributed by atoms with E-state index in [-0.39, 0.29) is 22.4 Å². The zero-order valence-electron chi connectivity index (χ0n) is 19.9. The standard InChI is InChI=1S/C22H24BrFN4O11/c1-28-7-19(29,30)18(20(31,32)8-28)21(33,34)38-16-6-14-11(5-15(16)39-22(35,36)37)17(26-9-25-14)27-13-3-2-10(23)4-12(13)24/h2-6,9,18,29-37H,7-8H2,1H3,(H,25,26,27). The lowest BCUT2D eigenvalue weighted by Gasteiger charge is -2.50. The average Bonchev–Trinajstić information content (AvgIpc) is 2.72. The molecule has 0 radical (unpaired) electrons. The Bertz CT molecular complexity index is 1370. The lowest BCUT2D eigenvalue weighted by molar-refractivity contribution is -0.446. The van der Waals surface area contributed by atoms with E-state index in [2.05, 4.69) is 36.0 Å². The molecule has 4 rings (SSSR count). The normalized spacial score (nSPS) is 18.3. The minimum Gasteiger partial charge on any atom is -0.435 e. The lowest BCUT2D eigenvalue weighted by atomic mass is 9.83. The maximum Gasteiger partial charge on any atom is 0.453 e. The fraction of sp³-hybridized carbons (Fsp3) is 0.364. The number of aromatic nitrogens is 2. The predicted molar refractivity (Wildman–Crippen MR) is 130 cm³/mol. The number of benzene rings is 2. The number of halogens is 2. The largest absolute Gasteiger partial charge is 0.453 e. The number of rotatable bonds is 7. The van der Waals surface area contributed by atoms with Gasteiger partial charge in [0, 0.05) is 15.9 Å². The van der Waals surface area contributed by atoms with Crippen molar-refractivity contribution in [3.05, 3.63) is 46.9 Å². The van der Waals surface area contributed by atoms with Gasteiger partial charge in [0.15, 0.2) is 29.0 Å². The van der Waals surface area contributed by atoms with Crippen molar-refractivity contribution in [2.75, 3.05) is 25.5 Å². The molecule has 1 fully saturated rings. The van der Waals surface area contributed by atoms with E-state index in [1.165, 1.54) is 19.2 Å². The Balaban J connectivity index is 1.79. The first kappa shape index (κ1) is 29.2. The van der Waals surface area contributed by atoms with Crippen LogP contribution >= 0.6 is 15.9 Å². The van der Waals surface area contributed by atoms with Gasteiger partial charge in [-0.05, 0) is 31.3 Å². The Morgan fingerprint density at radius 2 is 1.59 bits per heavy atom. The number of nitrogens with one attached hydrogen (secondary N) is 1. The third-order valence-electron chi connectivity index (χ3n) is 5.70. The summed E-state index contributed by atoms with van der Waals surface area (Å²) in [5.41, 5.74) is -0.0530. The Kier molecular flexibility index (Phi) is 7.47. The molecule has 212 valence electrons. The quantitative estimate of drug-likeness (QED) is 0.131. The Morgan fingerprint density at radius 3 is 2.18 bits per heavy atom. The van der Waals surface area contributed by atoms with Gasteiger partial charge in [-0.15, -0.1) is 0 Å². The number of likely N-dealkylation sites (N-methyl/N-ethyl adjacent to an activating group) is 1. The predicted octanol–water partition coefficient (Wildman–Crippen LogP) is -1.82. The second kappa shape index (κ2) is 9.98. The number of likely N-dealkylation sites (tertiary alicyclic amines) is 1. The van der Waals surface area contributed by atoms with Crippen molar-refractivity contribution >= 4 is 38.3 Å². The molecule has 39 heavy (non-hydrogen) atoms. The van der Waals surface area contributed by atoms with Crippen molar-refractivity contribution in [2.24, 2.45) is 5.92 Å². The third-order valence-corrected chi connectivity index (χ3v) is 6.19. The van der Waals surface area contributed by atoms with Crippen LogP contribution in [-0.4, -0.2) is 105 Å². The van der Waals surface area contributed by atoms with Gasteiger partial charge in [-0.2, -0.15) is 0 Å². The highest BCUT2D eigenvalue weighted by atomic mass is 79.9. The van der Waals surface area contributed by atoms with E-state index >= 15 is 0 Å². The first-order valence-corrected chi connectivity index (χ1v) is 11.8. The molecule has 0 atom stereocenters. The van der Waals surface area contributed by atoms with Gasteiger partial charge in [0.2, 0.25) is 0 Å². The number of fused-ring (bicyclic) bond motifs is 1. The van der Waals surface area contributed by atoms with Crippen molar-refractivity contribution in [1.29, 1.82) is 0 Å². The van der Waals surface area contributed by atoms with Crippen LogP contribution in [0.15, 0.2) is 41.1 Å². The number of piperidine rings is 1. The summed E-state index contributed by atoms with van der Waals surface area (Å²) in [6.07, 6.45) is -2.79. The van der Waals surface area contributed by atoms with E-state index in [0.717, 1.165) is 23.4 Å². The zero-order valence-corrected chi connectivity index (χ0v) is 21.5. The molecule has 3 aromatic rings. The van der Waals surface area contributed by atoms with Gasteiger partial charge < -0.3 is 60.7 Å². The van der Waals surface area contributed by atoms with Crippen LogP contribution in [-0.2, 0) is 0 Å². The molecule has 1 aliphatic heterocycles. The van der Waals surface area contributed by atoms with E-state index in [1.807, 2.05) is 0 Å². The number of β-amino-alcohol motifs (C(OH)–C–C–N with tert-alkyl or cyclic N) is 4. The number of hydrogen-bond donors (Lipinski definition) is 10. The number of anilines is 2. The number of hydrogen-bond acceptors (Lipinski definition) is 15. The van der Waals surface area contributed by atoms with Crippen LogP contribution in [0.25, 0.3) is 10.9 Å². The Labute approximate surface area is 226 Å². The minimum atomic E-state index is -3.83. The maximum atomic E-state index is 14.4. The summed E-state index contributed by atoms with van der Waals surface area (Å²) in [6.45, 7) is -1.31. The highest BCUT2D eigenvalue weighted by molar-refractivity contribution is 9.10. The SMILES string of the molecule is CN1CC(O)(O)C(C(O)(O)Oc2cc3ncnc(Nc4ccc(Br)cc4F)c3cc2OC(O)(O)O)C(O)(O)C1. The van der Waals surface area contributed by atoms with Crippen molar-refractivity contribution < 1.29 is 59.8 Å². The fourth-order valence-electron chi connectivity index (χ4n) is 4.42. The molecule has 10 N–H and O–H groups in total. The molecule has 0 saturated carbocycles. The summed E-state index contributed by atoms with van der Waals surface area (Å²) in [5.74, 6) is -14.9. The molecule has 17 heteroatoms. The second-order valence-electron chi connectivity index (χ2n) is 9.09. The Hall–Kier alpha value is -2.81. The molecule has 0 unspecified atom stereocenters. The van der Waals surface area contributed by atoms with E-state index < -0.39 is 60.0 Å². The smallest absolute Gasteiger partial charge is 0.435 e. The zero-order chi connectivity index (χ0) is 29.0. The van der Waals surface area contributed by atoms with Gasteiger partial charge in [-0.1, -0.05) is 15.9 Å². The average molecular weight is 619 g/mol. The maximum absolute atomic E-state index is 14.4. The van der Waals surface area contributed by atoms with Gasteiger partial charge in [0.05, 0.1) is 24.3 Å². The minimum absolute atomic E-state index is 0.0155. The van der Waals surface area contributed by atoms with Gasteiger partial charge in [-0.25, -0.2) is 14.4 Å². The van der Waals surface area contributed by atoms with Crippen molar-refractivity contribution in [3.8, 4) is 11.5 Å². The summed E-state index contributed by atoms with van der Waals surface area (Å²) in [4.78, 5) is 9.08. The highest BCUT2D eigenvalue weighted by Crippen LogP contribution is 2.43. The van der Waals surface area contributed by atoms with Crippen LogP contribution in [0.2, 0.25) is 0 Å². The van der Waals surface area contributed by atoms with E-state index in [1.54, 1.807) is 6.07 Å². The molecule has 0 aliphatic carbocycles. The van der Waals surface area contributed by atoms with Gasteiger partial charge >= 0.3 is 12.1 Å². The highest BCUT2D eigenvalue weighted by Gasteiger charge is 2.64. The van der Waals surface area contributed by atoms with Crippen LogP contribution in [0.5, 0.6) is 11.5 Å². The molecule has 1 aromatic heterocycles. The molecule has 1 saturated heterocycles. The van der Waals surface area contributed by atoms with Gasteiger partial charge in [0.1, 0.15) is 18.0 Å².